The molecule has 1 heterocycles. The number of anilines is 2. The van der Waals surface area contributed by atoms with E-state index in [1.54, 1.807) is 4.68 Å². The maximum atomic E-state index is 5.88. The summed E-state index contributed by atoms with van der Waals surface area (Å²) in [7, 11) is 3.93. The van der Waals surface area contributed by atoms with Crippen molar-refractivity contribution in [3.63, 3.8) is 0 Å². The summed E-state index contributed by atoms with van der Waals surface area (Å²) in [5.41, 5.74) is 6.62. The van der Waals surface area contributed by atoms with E-state index in [9.17, 15) is 0 Å². The number of thioether (sulfide) groups is 1. The van der Waals surface area contributed by atoms with Crippen LogP contribution in [0.5, 0.6) is 0 Å². The lowest BCUT2D eigenvalue weighted by molar-refractivity contribution is 0.651. The fourth-order valence-electron chi connectivity index (χ4n) is 1.46. The molecule has 15 heavy (non-hydrogen) atoms. The van der Waals surface area contributed by atoms with Crippen LogP contribution in [-0.4, -0.2) is 34.9 Å². The maximum Gasteiger partial charge on any atom is 0.173 e. The molecule has 1 aromatic heterocycles. The molecule has 0 bridgehead atoms. The van der Waals surface area contributed by atoms with E-state index in [4.69, 9.17) is 5.73 Å². The summed E-state index contributed by atoms with van der Waals surface area (Å²) in [6, 6.07) is 0.467. The van der Waals surface area contributed by atoms with Crippen LogP contribution in [0.1, 0.15) is 13.3 Å². The van der Waals surface area contributed by atoms with Crippen molar-refractivity contribution in [1.29, 1.82) is 0 Å². The molecule has 1 rings (SSSR count). The van der Waals surface area contributed by atoms with E-state index >= 15 is 0 Å². The Bertz CT molecular complexity index is 310. The van der Waals surface area contributed by atoms with E-state index in [-0.39, 0.29) is 0 Å². The van der Waals surface area contributed by atoms with Crippen LogP contribution < -0.4 is 10.6 Å². The molecule has 0 amide bonds. The number of hydrogen-bond donors (Lipinski definition) is 1. The molecule has 0 fully saturated rings. The number of nitrogens with two attached hydrogens (primary N) is 1. The average Bonchev–Trinajstić information content (AvgIpc) is 2.53. The molecular formula is C10H20N4S. The van der Waals surface area contributed by atoms with Crippen LogP contribution in [0.15, 0.2) is 6.20 Å². The SMILES string of the molecule is CSCCC(C)N(C)c1nn(C)cc1N. The molecular weight excluding hydrogens is 208 g/mol. The molecule has 0 aliphatic rings. The third-order valence-corrected chi connectivity index (χ3v) is 3.22. The van der Waals surface area contributed by atoms with Gasteiger partial charge in [0.25, 0.3) is 0 Å². The van der Waals surface area contributed by atoms with E-state index in [0.717, 1.165) is 23.7 Å². The molecule has 2 N–H and O–H groups in total. The van der Waals surface area contributed by atoms with Gasteiger partial charge in [0.05, 0.1) is 5.69 Å². The summed E-state index contributed by atoms with van der Waals surface area (Å²) in [6.45, 7) is 2.20. The number of hydrogen-bond acceptors (Lipinski definition) is 4. The second kappa shape index (κ2) is 5.30. The molecule has 5 heteroatoms. The predicted octanol–water partition coefficient (Wildman–Crippen LogP) is 1.58. The van der Waals surface area contributed by atoms with Gasteiger partial charge in [-0.15, -0.1) is 0 Å². The van der Waals surface area contributed by atoms with Gasteiger partial charge in [-0.3, -0.25) is 4.68 Å². The first kappa shape index (κ1) is 12.2. The molecule has 4 nitrogen and oxygen atoms in total. The van der Waals surface area contributed by atoms with Crippen molar-refractivity contribution in [2.45, 2.75) is 19.4 Å². The van der Waals surface area contributed by atoms with E-state index in [1.165, 1.54) is 0 Å². The standard InChI is InChI=1S/C10H20N4S/c1-8(5-6-15-4)14(3)10-9(11)7-13(2)12-10/h7-8H,5-6,11H2,1-4H3. The molecule has 1 unspecified atom stereocenters. The molecule has 1 aromatic rings. The third kappa shape index (κ3) is 3.06. The fourth-order valence-corrected chi connectivity index (χ4v) is 2.04. The van der Waals surface area contributed by atoms with E-state index in [1.807, 2.05) is 32.1 Å². The van der Waals surface area contributed by atoms with Gasteiger partial charge in [-0.05, 0) is 25.4 Å². The average molecular weight is 228 g/mol. The highest BCUT2D eigenvalue weighted by molar-refractivity contribution is 7.98. The summed E-state index contributed by atoms with van der Waals surface area (Å²) in [4.78, 5) is 2.14. The zero-order valence-corrected chi connectivity index (χ0v) is 10.7. The summed E-state index contributed by atoms with van der Waals surface area (Å²) < 4.78 is 1.75. The van der Waals surface area contributed by atoms with Crippen molar-refractivity contribution in [2.24, 2.45) is 7.05 Å². The van der Waals surface area contributed by atoms with Crippen molar-refractivity contribution in [3.05, 3.63) is 6.20 Å². The normalized spacial score (nSPS) is 12.8. The van der Waals surface area contributed by atoms with Crippen molar-refractivity contribution >= 4 is 23.3 Å². The number of rotatable bonds is 5. The van der Waals surface area contributed by atoms with Crippen molar-refractivity contribution in [3.8, 4) is 0 Å². The first-order valence-electron chi connectivity index (χ1n) is 5.07. The van der Waals surface area contributed by atoms with Gasteiger partial charge in [0.1, 0.15) is 0 Å². The molecule has 0 saturated heterocycles. The zero-order valence-electron chi connectivity index (χ0n) is 9.90. The number of nitrogen functional groups attached to an aromatic ring is 1. The van der Waals surface area contributed by atoms with Crippen LogP contribution in [0.25, 0.3) is 0 Å². The van der Waals surface area contributed by atoms with Gasteiger partial charge in [-0.25, -0.2) is 0 Å². The van der Waals surface area contributed by atoms with E-state index < -0.39 is 0 Å². The number of aromatic nitrogens is 2. The van der Waals surface area contributed by atoms with Gasteiger partial charge >= 0.3 is 0 Å². The van der Waals surface area contributed by atoms with Crippen LogP contribution in [0, 0.1) is 0 Å². The van der Waals surface area contributed by atoms with Gasteiger partial charge in [0, 0.05) is 26.3 Å². The van der Waals surface area contributed by atoms with Gasteiger partial charge in [0.15, 0.2) is 5.82 Å². The Hall–Kier alpha value is -0.840. The number of nitrogens with zero attached hydrogens (tertiary/aromatic N) is 3. The largest absolute Gasteiger partial charge is 0.394 e. The van der Waals surface area contributed by atoms with Crippen molar-refractivity contribution < 1.29 is 0 Å². The summed E-state index contributed by atoms with van der Waals surface area (Å²) in [5, 5.41) is 4.35. The van der Waals surface area contributed by atoms with Gasteiger partial charge in [0.2, 0.25) is 0 Å². The summed E-state index contributed by atoms with van der Waals surface area (Å²) >= 11 is 1.87. The smallest absolute Gasteiger partial charge is 0.173 e. The monoisotopic (exact) mass is 228 g/mol. The Morgan fingerprint density at radius 1 is 1.67 bits per heavy atom. The minimum absolute atomic E-state index is 0.467. The van der Waals surface area contributed by atoms with Crippen LogP contribution in [0.4, 0.5) is 11.5 Å². The lowest BCUT2D eigenvalue weighted by atomic mass is 10.2. The maximum absolute atomic E-state index is 5.88. The van der Waals surface area contributed by atoms with Gasteiger partial charge in [-0.1, -0.05) is 0 Å². The molecule has 0 aliphatic carbocycles. The highest BCUT2D eigenvalue weighted by Crippen LogP contribution is 2.22. The molecule has 0 radical (unpaired) electrons. The van der Waals surface area contributed by atoms with Crippen molar-refractivity contribution in [2.75, 3.05) is 29.7 Å². The Balaban J connectivity index is 2.66. The zero-order chi connectivity index (χ0) is 11.4. The van der Waals surface area contributed by atoms with E-state index in [0.29, 0.717) is 6.04 Å². The second-order valence-electron chi connectivity index (χ2n) is 3.82. The lowest BCUT2D eigenvalue weighted by Gasteiger charge is -2.24. The second-order valence-corrected chi connectivity index (χ2v) is 4.81. The van der Waals surface area contributed by atoms with Crippen LogP contribution in [0.3, 0.4) is 0 Å². The molecule has 0 aromatic carbocycles. The summed E-state index contributed by atoms with van der Waals surface area (Å²) in [5.74, 6) is 2.05. The minimum Gasteiger partial charge on any atom is -0.394 e. The Kier molecular flexibility index (Phi) is 4.32. The molecule has 1 atom stereocenters. The molecule has 86 valence electrons. The lowest BCUT2D eigenvalue weighted by Crippen LogP contribution is -2.30. The Morgan fingerprint density at radius 3 is 2.80 bits per heavy atom. The molecule has 0 aliphatic heterocycles. The molecule has 0 saturated carbocycles. The van der Waals surface area contributed by atoms with E-state index in [2.05, 4.69) is 23.2 Å². The highest BCUT2D eigenvalue weighted by atomic mass is 32.2. The van der Waals surface area contributed by atoms with Crippen LogP contribution in [-0.2, 0) is 7.05 Å². The quantitative estimate of drug-likeness (QED) is 0.831. The minimum atomic E-state index is 0.467. The van der Waals surface area contributed by atoms with Crippen molar-refractivity contribution in [1.82, 2.24) is 9.78 Å². The first-order valence-corrected chi connectivity index (χ1v) is 6.46. The van der Waals surface area contributed by atoms with Gasteiger partial charge < -0.3 is 10.6 Å². The van der Waals surface area contributed by atoms with Gasteiger partial charge in [-0.2, -0.15) is 16.9 Å². The first-order chi connectivity index (χ1) is 7.06. The molecule has 0 spiro atoms. The number of aryl methyl sites for hydroxylation is 1. The predicted molar refractivity (Wildman–Crippen MR) is 68.5 cm³/mol. The fraction of sp³-hybridized carbons (Fsp3) is 0.700. The summed E-state index contributed by atoms with van der Waals surface area (Å²) in [6.07, 6.45) is 5.11. The third-order valence-electron chi connectivity index (χ3n) is 2.57. The Morgan fingerprint density at radius 2 is 2.33 bits per heavy atom. The van der Waals surface area contributed by atoms with Crippen LogP contribution in [0.2, 0.25) is 0 Å². The van der Waals surface area contributed by atoms with Crippen LogP contribution >= 0.6 is 11.8 Å². The highest BCUT2D eigenvalue weighted by Gasteiger charge is 2.15. The Labute approximate surface area is 95.8 Å². The topological polar surface area (TPSA) is 47.1 Å².